The van der Waals surface area contributed by atoms with Gasteiger partial charge in [0, 0.05) is 30.0 Å². The Kier molecular flexibility index (Phi) is 4.19. The van der Waals surface area contributed by atoms with Gasteiger partial charge in [-0.2, -0.15) is 16.2 Å². The first-order chi connectivity index (χ1) is 8.59. The van der Waals surface area contributed by atoms with Crippen molar-refractivity contribution in [1.29, 1.82) is 0 Å². The zero-order valence-electron chi connectivity index (χ0n) is 10.1. The van der Waals surface area contributed by atoms with E-state index in [4.69, 9.17) is 0 Å². The van der Waals surface area contributed by atoms with Crippen LogP contribution in [0.25, 0.3) is 0 Å². The van der Waals surface area contributed by atoms with Crippen LogP contribution < -0.4 is 0 Å². The summed E-state index contributed by atoms with van der Waals surface area (Å²) >= 11 is 1.89. The van der Waals surface area contributed by atoms with Gasteiger partial charge in [0.15, 0.2) is 0 Å². The summed E-state index contributed by atoms with van der Waals surface area (Å²) in [5.74, 6) is 1.47. The number of hydrogen-bond acceptors (Lipinski definition) is 4. The van der Waals surface area contributed by atoms with Crippen molar-refractivity contribution in [2.24, 2.45) is 0 Å². The molecule has 0 aromatic heterocycles. The molecule has 1 fully saturated rings. The van der Waals surface area contributed by atoms with Gasteiger partial charge in [-0.15, -0.1) is 0 Å². The lowest BCUT2D eigenvalue weighted by Gasteiger charge is -2.23. The molecule has 1 saturated heterocycles. The lowest BCUT2D eigenvalue weighted by atomic mass is 10.1. The fourth-order valence-corrected chi connectivity index (χ4v) is 3.40. The maximum Gasteiger partial charge on any atom is 0.305 e. The fourth-order valence-electron chi connectivity index (χ4n) is 2.10. The van der Waals surface area contributed by atoms with Crippen molar-refractivity contribution < 1.29 is 9.31 Å². The maximum atomic E-state index is 13.9. The summed E-state index contributed by atoms with van der Waals surface area (Å²) in [5.41, 5.74) is -0.0507. The molecule has 4 nitrogen and oxygen atoms in total. The Morgan fingerprint density at radius 2 is 2.39 bits per heavy atom. The molecule has 0 amide bonds. The van der Waals surface area contributed by atoms with Gasteiger partial charge in [-0.1, -0.05) is 12.1 Å². The molecule has 18 heavy (non-hydrogen) atoms. The van der Waals surface area contributed by atoms with Crippen LogP contribution in [0.15, 0.2) is 18.2 Å². The highest BCUT2D eigenvalue weighted by Crippen LogP contribution is 2.25. The van der Waals surface area contributed by atoms with Gasteiger partial charge in [-0.3, -0.25) is 15.0 Å². The second-order valence-corrected chi connectivity index (χ2v) is 5.59. The minimum Gasteiger partial charge on any atom is -0.298 e. The van der Waals surface area contributed by atoms with Crippen LogP contribution in [0, 0.1) is 15.9 Å². The fraction of sp³-hybridized carbons (Fsp3) is 0.500. The van der Waals surface area contributed by atoms with E-state index in [0.717, 1.165) is 17.9 Å². The van der Waals surface area contributed by atoms with E-state index >= 15 is 0 Å². The van der Waals surface area contributed by atoms with Crippen molar-refractivity contribution >= 4 is 17.4 Å². The van der Waals surface area contributed by atoms with Crippen LogP contribution in [-0.4, -0.2) is 34.4 Å². The zero-order chi connectivity index (χ0) is 13.1. The van der Waals surface area contributed by atoms with Crippen LogP contribution in [0.3, 0.4) is 0 Å². The van der Waals surface area contributed by atoms with Crippen molar-refractivity contribution in [2.45, 2.75) is 19.0 Å². The molecular weight excluding hydrogens is 255 g/mol. The Labute approximate surface area is 109 Å². The summed E-state index contributed by atoms with van der Waals surface area (Å²) in [5, 5.41) is 10.7. The molecular formula is C12H15FN2O2S. The summed E-state index contributed by atoms with van der Waals surface area (Å²) in [4.78, 5) is 12.1. The number of rotatable bonds is 4. The molecule has 1 aliphatic rings. The van der Waals surface area contributed by atoms with Gasteiger partial charge >= 0.3 is 5.69 Å². The predicted octanol–water partition coefficient (Wildman–Crippen LogP) is 2.67. The first kappa shape index (κ1) is 13.3. The molecule has 0 saturated carbocycles. The highest BCUT2D eigenvalue weighted by Gasteiger charge is 2.23. The van der Waals surface area contributed by atoms with E-state index < -0.39 is 16.4 Å². The second-order valence-electron chi connectivity index (χ2n) is 4.44. The number of halogens is 1. The molecule has 0 aliphatic carbocycles. The van der Waals surface area contributed by atoms with E-state index in [9.17, 15) is 14.5 Å². The number of benzene rings is 1. The standard InChI is InChI=1S/C12H15FN2O2S/c1-14(10-5-6-18-8-10)7-9-3-2-4-11(12(9)13)15(16)17/h2-4,10H,5-8H2,1H3. The zero-order valence-corrected chi connectivity index (χ0v) is 11.0. The molecule has 1 aromatic rings. The molecule has 1 heterocycles. The molecule has 1 aromatic carbocycles. The smallest absolute Gasteiger partial charge is 0.298 e. The predicted molar refractivity (Wildman–Crippen MR) is 70.3 cm³/mol. The first-order valence-electron chi connectivity index (χ1n) is 5.79. The number of nitro benzene ring substituents is 1. The Morgan fingerprint density at radius 1 is 1.61 bits per heavy atom. The normalized spacial score (nSPS) is 19.4. The van der Waals surface area contributed by atoms with Crippen LogP contribution in [0.2, 0.25) is 0 Å². The summed E-state index contributed by atoms with van der Waals surface area (Å²) in [6.07, 6.45) is 1.09. The van der Waals surface area contributed by atoms with Crippen LogP contribution in [0.5, 0.6) is 0 Å². The molecule has 0 bridgehead atoms. The first-order valence-corrected chi connectivity index (χ1v) is 6.95. The maximum absolute atomic E-state index is 13.9. The SMILES string of the molecule is CN(Cc1cccc([N+](=O)[O-])c1F)C1CCSC1. The molecule has 6 heteroatoms. The lowest BCUT2D eigenvalue weighted by Crippen LogP contribution is -2.31. The molecule has 0 N–H and O–H groups in total. The van der Waals surface area contributed by atoms with Crippen molar-refractivity contribution in [3.8, 4) is 0 Å². The Hall–Kier alpha value is -1.14. The third-order valence-corrected chi connectivity index (χ3v) is 4.35. The van der Waals surface area contributed by atoms with Crippen molar-refractivity contribution in [1.82, 2.24) is 4.90 Å². The van der Waals surface area contributed by atoms with Gasteiger partial charge in [0.05, 0.1) is 4.92 Å². The molecule has 1 aliphatic heterocycles. The topological polar surface area (TPSA) is 46.4 Å². The third-order valence-electron chi connectivity index (χ3n) is 3.20. The van der Waals surface area contributed by atoms with Crippen LogP contribution in [-0.2, 0) is 6.54 Å². The van der Waals surface area contributed by atoms with Crippen molar-refractivity contribution in [3.63, 3.8) is 0 Å². The number of thioether (sulfide) groups is 1. The molecule has 98 valence electrons. The van der Waals surface area contributed by atoms with Gasteiger partial charge < -0.3 is 0 Å². The van der Waals surface area contributed by atoms with Crippen molar-refractivity contribution in [3.05, 3.63) is 39.7 Å². The Balaban J connectivity index is 2.13. The van der Waals surface area contributed by atoms with Gasteiger partial charge in [-0.25, -0.2) is 0 Å². The van der Waals surface area contributed by atoms with Crippen molar-refractivity contribution in [2.75, 3.05) is 18.6 Å². The molecule has 1 atom stereocenters. The van der Waals surface area contributed by atoms with E-state index in [-0.39, 0.29) is 0 Å². The monoisotopic (exact) mass is 270 g/mol. The number of hydrogen-bond donors (Lipinski definition) is 0. The van der Waals surface area contributed by atoms with Gasteiger partial charge in [-0.05, 0) is 19.2 Å². The molecule has 1 unspecified atom stereocenters. The van der Waals surface area contributed by atoms with E-state index in [1.165, 1.54) is 12.1 Å². The van der Waals surface area contributed by atoms with Gasteiger partial charge in [0.2, 0.25) is 5.82 Å². The summed E-state index contributed by atoms with van der Waals surface area (Å²) in [7, 11) is 1.94. The summed E-state index contributed by atoms with van der Waals surface area (Å²) < 4.78 is 13.9. The number of nitrogens with zero attached hydrogens (tertiary/aromatic N) is 2. The Bertz CT molecular complexity index is 450. The lowest BCUT2D eigenvalue weighted by molar-refractivity contribution is -0.387. The minimum atomic E-state index is -0.708. The summed E-state index contributed by atoms with van der Waals surface area (Å²) in [6, 6.07) is 4.78. The average molecular weight is 270 g/mol. The second kappa shape index (κ2) is 5.67. The average Bonchev–Trinajstić information content (AvgIpc) is 2.85. The highest BCUT2D eigenvalue weighted by atomic mass is 32.2. The summed E-state index contributed by atoms with van der Waals surface area (Å²) in [6.45, 7) is 0.415. The van der Waals surface area contributed by atoms with Crippen LogP contribution >= 0.6 is 11.8 Å². The van der Waals surface area contributed by atoms with Crippen LogP contribution in [0.4, 0.5) is 10.1 Å². The van der Waals surface area contributed by atoms with Gasteiger partial charge in [0.1, 0.15) is 0 Å². The minimum absolute atomic E-state index is 0.392. The van der Waals surface area contributed by atoms with Gasteiger partial charge in [0.25, 0.3) is 0 Å². The quantitative estimate of drug-likeness (QED) is 0.623. The van der Waals surface area contributed by atoms with E-state index in [1.54, 1.807) is 6.07 Å². The molecule has 0 radical (unpaired) electrons. The highest BCUT2D eigenvalue weighted by molar-refractivity contribution is 7.99. The van der Waals surface area contributed by atoms with E-state index in [1.807, 2.05) is 18.8 Å². The molecule has 0 spiro atoms. The van der Waals surface area contributed by atoms with E-state index in [0.29, 0.717) is 18.2 Å². The van der Waals surface area contributed by atoms with Crippen LogP contribution in [0.1, 0.15) is 12.0 Å². The largest absolute Gasteiger partial charge is 0.305 e. The van der Waals surface area contributed by atoms with E-state index in [2.05, 4.69) is 4.90 Å². The Morgan fingerprint density at radius 3 is 3.00 bits per heavy atom. The molecule has 2 rings (SSSR count). The third kappa shape index (κ3) is 2.81. The number of nitro groups is 1.